The third-order valence-electron chi connectivity index (χ3n) is 3.96. The van der Waals surface area contributed by atoms with Crippen LogP contribution in [0, 0.1) is 5.92 Å². The molecule has 0 aliphatic carbocycles. The number of aliphatic carboxylic acids is 1. The first kappa shape index (κ1) is 15.0. The number of carbonyl (C=O) groups is 1. The summed E-state index contributed by atoms with van der Waals surface area (Å²) in [5.74, 6) is -0.0332. The zero-order chi connectivity index (χ0) is 14.5. The van der Waals surface area contributed by atoms with Crippen LogP contribution < -0.4 is 0 Å². The lowest BCUT2D eigenvalue weighted by molar-refractivity contribution is -0.136. The quantitative estimate of drug-likeness (QED) is 0.859. The lowest BCUT2D eigenvalue weighted by Crippen LogP contribution is -2.27. The molecule has 1 heterocycles. The van der Waals surface area contributed by atoms with Gasteiger partial charge in [-0.25, -0.2) is 0 Å². The Kier molecular flexibility index (Phi) is 5.15. The zero-order valence-electron chi connectivity index (χ0n) is 12.4. The number of carboxylic acid groups (broad SMARTS) is 1. The molecule has 0 aromatic heterocycles. The smallest absolute Gasteiger partial charge is 0.307 e. The highest BCUT2D eigenvalue weighted by atomic mass is 16.4. The molecule has 0 radical (unpaired) electrons. The first-order valence-corrected chi connectivity index (χ1v) is 7.20. The van der Waals surface area contributed by atoms with Crippen molar-refractivity contribution in [3.63, 3.8) is 0 Å². The van der Waals surface area contributed by atoms with Crippen LogP contribution in [0.15, 0.2) is 24.3 Å². The zero-order valence-corrected chi connectivity index (χ0v) is 12.4. The Morgan fingerprint density at radius 1 is 1.40 bits per heavy atom. The Balaban J connectivity index is 1.93. The highest BCUT2D eigenvalue weighted by Crippen LogP contribution is 2.17. The molecule has 0 saturated carbocycles. The lowest BCUT2D eigenvalue weighted by atomic mass is 10.0. The summed E-state index contributed by atoms with van der Waals surface area (Å²) < 4.78 is 0. The van der Waals surface area contributed by atoms with Gasteiger partial charge in [0.1, 0.15) is 0 Å². The fraction of sp³-hybridized carbons (Fsp3) is 0.562. The van der Waals surface area contributed by atoms with Gasteiger partial charge in [0.25, 0.3) is 0 Å². The van der Waals surface area contributed by atoms with Gasteiger partial charge in [0.15, 0.2) is 0 Å². The van der Waals surface area contributed by atoms with Crippen molar-refractivity contribution in [3.05, 3.63) is 35.4 Å². The van der Waals surface area contributed by atoms with Gasteiger partial charge in [-0.15, -0.1) is 0 Å². The third kappa shape index (κ3) is 4.32. The van der Waals surface area contributed by atoms with Crippen LogP contribution in [0.1, 0.15) is 17.5 Å². The Morgan fingerprint density at radius 2 is 2.10 bits per heavy atom. The fourth-order valence-corrected chi connectivity index (χ4v) is 3.02. The van der Waals surface area contributed by atoms with Crippen molar-refractivity contribution in [2.45, 2.75) is 19.4 Å². The van der Waals surface area contributed by atoms with Gasteiger partial charge in [0, 0.05) is 19.6 Å². The molecule has 4 nitrogen and oxygen atoms in total. The number of hydrogen-bond donors (Lipinski definition) is 1. The molecule has 1 aromatic carbocycles. The Morgan fingerprint density at radius 3 is 2.70 bits per heavy atom. The average Bonchev–Trinajstić information content (AvgIpc) is 2.76. The monoisotopic (exact) mass is 276 g/mol. The minimum atomic E-state index is -0.766. The van der Waals surface area contributed by atoms with Crippen LogP contribution >= 0.6 is 0 Å². The second-order valence-electron chi connectivity index (χ2n) is 5.95. The number of benzene rings is 1. The maximum atomic E-state index is 10.9. The molecule has 1 aliphatic rings. The predicted molar refractivity (Wildman–Crippen MR) is 79.7 cm³/mol. The van der Waals surface area contributed by atoms with E-state index in [1.165, 1.54) is 19.5 Å². The van der Waals surface area contributed by atoms with Gasteiger partial charge in [-0.05, 0) is 44.1 Å². The third-order valence-corrected chi connectivity index (χ3v) is 3.96. The molecule has 2 rings (SSSR count). The summed E-state index contributed by atoms with van der Waals surface area (Å²) >= 11 is 0. The second kappa shape index (κ2) is 6.86. The van der Waals surface area contributed by atoms with E-state index in [1.54, 1.807) is 0 Å². The second-order valence-corrected chi connectivity index (χ2v) is 5.95. The van der Waals surface area contributed by atoms with Crippen molar-refractivity contribution >= 4 is 5.97 Å². The summed E-state index contributed by atoms with van der Waals surface area (Å²) in [4.78, 5) is 15.6. The van der Waals surface area contributed by atoms with Crippen LogP contribution in [0.5, 0.6) is 0 Å². The molecule has 0 bridgehead atoms. The van der Waals surface area contributed by atoms with Gasteiger partial charge in [-0.2, -0.15) is 0 Å². The van der Waals surface area contributed by atoms with Gasteiger partial charge < -0.3 is 14.9 Å². The normalized spacial score (nSPS) is 19.6. The van der Waals surface area contributed by atoms with Crippen molar-refractivity contribution in [1.29, 1.82) is 0 Å². The Labute approximate surface area is 121 Å². The maximum Gasteiger partial charge on any atom is 0.307 e. The van der Waals surface area contributed by atoms with Crippen molar-refractivity contribution < 1.29 is 9.90 Å². The summed E-state index contributed by atoms with van der Waals surface area (Å²) in [6.07, 6.45) is 1.37. The summed E-state index contributed by atoms with van der Waals surface area (Å²) in [6.45, 7) is 4.25. The molecule has 1 N–H and O–H groups in total. The topological polar surface area (TPSA) is 43.8 Å². The summed E-state index contributed by atoms with van der Waals surface area (Å²) in [7, 11) is 4.29. The summed E-state index contributed by atoms with van der Waals surface area (Å²) in [5.41, 5.74) is 2.05. The average molecular weight is 276 g/mol. The van der Waals surface area contributed by atoms with E-state index in [0.717, 1.165) is 30.1 Å². The number of carboxylic acids is 1. The molecule has 4 heteroatoms. The van der Waals surface area contributed by atoms with E-state index in [0.29, 0.717) is 0 Å². The number of hydrogen-bond acceptors (Lipinski definition) is 3. The van der Waals surface area contributed by atoms with Gasteiger partial charge in [-0.1, -0.05) is 24.3 Å². The van der Waals surface area contributed by atoms with Crippen LogP contribution in [-0.4, -0.2) is 54.6 Å². The van der Waals surface area contributed by atoms with E-state index in [1.807, 2.05) is 24.3 Å². The van der Waals surface area contributed by atoms with Gasteiger partial charge in [0.05, 0.1) is 6.42 Å². The van der Waals surface area contributed by atoms with Crippen LogP contribution in [-0.2, 0) is 17.8 Å². The van der Waals surface area contributed by atoms with Crippen LogP contribution in [0.2, 0.25) is 0 Å². The van der Waals surface area contributed by atoms with Gasteiger partial charge in [0.2, 0.25) is 0 Å². The van der Waals surface area contributed by atoms with Crippen molar-refractivity contribution in [3.8, 4) is 0 Å². The summed E-state index contributed by atoms with van der Waals surface area (Å²) in [6, 6.07) is 7.85. The lowest BCUT2D eigenvalue weighted by Gasteiger charge is -2.22. The van der Waals surface area contributed by atoms with Crippen LogP contribution in [0.3, 0.4) is 0 Å². The molecule has 110 valence electrons. The standard InChI is InChI=1S/C16H24N2O2/c1-17-8-7-13(10-17)11-18(2)12-15-6-4-3-5-14(15)9-16(19)20/h3-6,13H,7-12H2,1-2H3,(H,19,20). The predicted octanol–water partition coefficient (Wildman–Crippen LogP) is 1.70. The van der Waals surface area contributed by atoms with Gasteiger partial charge >= 0.3 is 5.97 Å². The van der Waals surface area contributed by atoms with E-state index in [4.69, 9.17) is 5.11 Å². The number of likely N-dealkylation sites (tertiary alicyclic amines) is 1. The van der Waals surface area contributed by atoms with E-state index >= 15 is 0 Å². The highest BCUT2D eigenvalue weighted by Gasteiger charge is 2.21. The minimum Gasteiger partial charge on any atom is -0.481 e. The molecular formula is C16H24N2O2. The number of nitrogens with zero attached hydrogens (tertiary/aromatic N) is 2. The molecule has 0 amide bonds. The van der Waals surface area contributed by atoms with E-state index in [-0.39, 0.29) is 6.42 Å². The summed E-state index contributed by atoms with van der Waals surface area (Å²) in [5, 5.41) is 8.97. The first-order valence-electron chi connectivity index (χ1n) is 7.20. The van der Waals surface area contributed by atoms with Crippen LogP contribution in [0.25, 0.3) is 0 Å². The molecule has 1 saturated heterocycles. The van der Waals surface area contributed by atoms with Crippen LogP contribution in [0.4, 0.5) is 0 Å². The van der Waals surface area contributed by atoms with E-state index in [2.05, 4.69) is 23.9 Å². The molecule has 20 heavy (non-hydrogen) atoms. The van der Waals surface area contributed by atoms with Gasteiger partial charge in [-0.3, -0.25) is 4.79 Å². The number of rotatable bonds is 6. The molecule has 1 fully saturated rings. The first-order chi connectivity index (χ1) is 9.54. The Hall–Kier alpha value is -1.39. The molecule has 1 aliphatic heterocycles. The fourth-order valence-electron chi connectivity index (χ4n) is 3.02. The molecule has 0 spiro atoms. The van der Waals surface area contributed by atoms with E-state index < -0.39 is 5.97 Å². The highest BCUT2D eigenvalue weighted by molar-refractivity contribution is 5.70. The molecular weight excluding hydrogens is 252 g/mol. The molecule has 1 unspecified atom stereocenters. The van der Waals surface area contributed by atoms with Crippen molar-refractivity contribution in [2.24, 2.45) is 5.92 Å². The van der Waals surface area contributed by atoms with Crippen molar-refractivity contribution in [2.75, 3.05) is 33.7 Å². The maximum absolute atomic E-state index is 10.9. The molecule has 1 aromatic rings. The van der Waals surface area contributed by atoms with E-state index in [9.17, 15) is 4.79 Å². The SMILES string of the molecule is CN1CCC(CN(C)Cc2ccccc2CC(=O)O)C1. The Bertz CT molecular complexity index is 462. The minimum absolute atomic E-state index is 0.107. The van der Waals surface area contributed by atoms with Crippen molar-refractivity contribution in [1.82, 2.24) is 9.80 Å². The molecule has 1 atom stereocenters. The largest absolute Gasteiger partial charge is 0.481 e.